The predicted octanol–water partition coefficient (Wildman–Crippen LogP) is 4.46. The van der Waals surface area contributed by atoms with Crippen LogP contribution in [0.5, 0.6) is 0 Å². The summed E-state index contributed by atoms with van der Waals surface area (Å²) in [6.07, 6.45) is 12.4. The summed E-state index contributed by atoms with van der Waals surface area (Å²) in [5.74, 6) is 1.54. The maximum absolute atomic E-state index is 11.4. The number of fused-ring (bicyclic) bond motifs is 1. The molecule has 2 atom stereocenters. The fraction of sp³-hybridized carbons (Fsp3) is 0.684. The molecule has 0 aliphatic heterocycles. The third-order valence-corrected chi connectivity index (χ3v) is 5.50. The van der Waals surface area contributed by atoms with E-state index in [4.69, 9.17) is 4.98 Å². The fourth-order valence-corrected chi connectivity index (χ4v) is 4.14. The zero-order chi connectivity index (χ0) is 14.7. The van der Waals surface area contributed by atoms with Crippen LogP contribution in [0, 0.1) is 11.8 Å². The van der Waals surface area contributed by atoms with Gasteiger partial charge in [-0.15, -0.1) is 0 Å². The molecule has 0 bridgehead atoms. The molecule has 0 radical (unpaired) electrons. The van der Waals surface area contributed by atoms with E-state index in [1.165, 1.54) is 49.1 Å². The van der Waals surface area contributed by atoms with Crippen LogP contribution in [0.4, 0.5) is 0 Å². The zero-order valence-corrected chi connectivity index (χ0v) is 13.2. The SMILES string of the molecule is CCC1Cc2nc(CC3CCCCC3)ccc2C(C=O)C1. The Morgan fingerprint density at radius 2 is 2.00 bits per heavy atom. The first-order valence-electron chi connectivity index (χ1n) is 8.74. The number of pyridine rings is 1. The molecular formula is C19H27NO. The molecule has 0 N–H and O–H groups in total. The molecule has 1 fully saturated rings. The second-order valence-corrected chi connectivity index (χ2v) is 7.00. The lowest BCUT2D eigenvalue weighted by atomic mass is 9.78. The highest BCUT2D eigenvalue weighted by atomic mass is 16.1. The van der Waals surface area contributed by atoms with Gasteiger partial charge in [-0.3, -0.25) is 4.98 Å². The van der Waals surface area contributed by atoms with Crippen molar-refractivity contribution in [1.82, 2.24) is 4.98 Å². The van der Waals surface area contributed by atoms with Crippen molar-refractivity contribution in [3.8, 4) is 0 Å². The van der Waals surface area contributed by atoms with Crippen molar-refractivity contribution in [2.75, 3.05) is 0 Å². The second kappa shape index (κ2) is 6.72. The second-order valence-electron chi connectivity index (χ2n) is 7.00. The summed E-state index contributed by atoms with van der Waals surface area (Å²) in [6, 6.07) is 4.36. The maximum Gasteiger partial charge on any atom is 0.127 e. The Morgan fingerprint density at radius 3 is 2.71 bits per heavy atom. The summed E-state index contributed by atoms with van der Waals surface area (Å²) in [5.41, 5.74) is 3.66. The van der Waals surface area contributed by atoms with Crippen molar-refractivity contribution < 1.29 is 4.79 Å². The van der Waals surface area contributed by atoms with Crippen LogP contribution in [0.1, 0.15) is 74.7 Å². The number of aldehydes is 1. The lowest BCUT2D eigenvalue weighted by Gasteiger charge is -2.28. The summed E-state index contributed by atoms with van der Waals surface area (Å²) in [5, 5.41) is 0. The molecule has 1 aromatic rings. The molecule has 2 aliphatic carbocycles. The first-order chi connectivity index (χ1) is 10.3. The van der Waals surface area contributed by atoms with Crippen molar-refractivity contribution in [3.05, 3.63) is 29.1 Å². The molecule has 1 heterocycles. The lowest BCUT2D eigenvalue weighted by molar-refractivity contribution is -0.109. The van der Waals surface area contributed by atoms with Crippen molar-refractivity contribution in [3.63, 3.8) is 0 Å². The van der Waals surface area contributed by atoms with Gasteiger partial charge in [-0.2, -0.15) is 0 Å². The highest BCUT2D eigenvalue weighted by Crippen LogP contribution is 2.35. The molecule has 0 aromatic carbocycles. The van der Waals surface area contributed by atoms with Gasteiger partial charge in [-0.05, 0) is 42.7 Å². The molecule has 0 saturated heterocycles. The van der Waals surface area contributed by atoms with Gasteiger partial charge < -0.3 is 4.79 Å². The molecular weight excluding hydrogens is 258 g/mol. The highest BCUT2D eigenvalue weighted by Gasteiger charge is 2.27. The third-order valence-electron chi connectivity index (χ3n) is 5.50. The van der Waals surface area contributed by atoms with Crippen LogP contribution in [0.25, 0.3) is 0 Å². The molecule has 21 heavy (non-hydrogen) atoms. The van der Waals surface area contributed by atoms with Gasteiger partial charge in [0.15, 0.2) is 0 Å². The van der Waals surface area contributed by atoms with Gasteiger partial charge in [0.2, 0.25) is 0 Å². The quantitative estimate of drug-likeness (QED) is 0.764. The number of nitrogens with zero attached hydrogens (tertiary/aromatic N) is 1. The average molecular weight is 285 g/mol. The van der Waals surface area contributed by atoms with Crippen LogP contribution in [-0.4, -0.2) is 11.3 Å². The van der Waals surface area contributed by atoms with E-state index in [0.717, 1.165) is 37.9 Å². The third kappa shape index (κ3) is 3.36. The van der Waals surface area contributed by atoms with E-state index in [1.54, 1.807) is 0 Å². The number of carbonyl (C=O) groups excluding carboxylic acids is 1. The first-order valence-corrected chi connectivity index (χ1v) is 8.74. The number of carbonyl (C=O) groups is 1. The summed E-state index contributed by atoms with van der Waals surface area (Å²) in [7, 11) is 0. The van der Waals surface area contributed by atoms with E-state index >= 15 is 0 Å². The van der Waals surface area contributed by atoms with Crippen LogP contribution in [0.3, 0.4) is 0 Å². The van der Waals surface area contributed by atoms with Crippen molar-refractivity contribution >= 4 is 6.29 Å². The van der Waals surface area contributed by atoms with Gasteiger partial charge in [0, 0.05) is 17.3 Å². The van der Waals surface area contributed by atoms with E-state index in [1.807, 2.05) is 0 Å². The van der Waals surface area contributed by atoms with Gasteiger partial charge in [-0.25, -0.2) is 0 Å². The van der Waals surface area contributed by atoms with Gasteiger partial charge in [0.25, 0.3) is 0 Å². The summed E-state index contributed by atoms with van der Waals surface area (Å²) >= 11 is 0. The van der Waals surface area contributed by atoms with Crippen LogP contribution in [0.2, 0.25) is 0 Å². The minimum atomic E-state index is 0.0786. The van der Waals surface area contributed by atoms with Gasteiger partial charge in [0.05, 0.1) is 0 Å². The smallest absolute Gasteiger partial charge is 0.127 e. The summed E-state index contributed by atoms with van der Waals surface area (Å²) in [6.45, 7) is 2.23. The van der Waals surface area contributed by atoms with E-state index in [9.17, 15) is 4.79 Å². The normalized spacial score (nSPS) is 26.3. The topological polar surface area (TPSA) is 30.0 Å². The molecule has 0 amide bonds. The minimum absolute atomic E-state index is 0.0786. The average Bonchev–Trinajstić information content (AvgIpc) is 2.54. The standard InChI is InChI=1S/C19H27NO/c1-2-14-10-16(13-21)18-9-8-17(20-19(18)12-14)11-15-6-4-3-5-7-15/h8-9,13-16H,2-7,10-12H2,1H3. The number of rotatable bonds is 4. The molecule has 2 nitrogen and oxygen atoms in total. The Kier molecular flexibility index (Phi) is 4.72. The Hall–Kier alpha value is -1.18. The summed E-state index contributed by atoms with van der Waals surface area (Å²) < 4.78 is 0. The van der Waals surface area contributed by atoms with E-state index in [0.29, 0.717) is 5.92 Å². The Morgan fingerprint density at radius 1 is 1.19 bits per heavy atom. The van der Waals surface area contributed by atoms with Gasteiger partial charge in [-0.1, -0.05) is 51.5 Å². The molecule has 2 heteroatoms. The van der Waals surface area contributed by atoms with Crippen LogP contribution in [-0.2, 0) is 17.6 Å². The van der Waals surface area contributed by atoms with Gasteiger partial charge in [0.1, 0.15) is 6.29 Å². The Labute approximate surface area is 128 Å². The molecule has 2 unspecified atom stereocenters. The van der Waals surface area contributed by atoms with E-state index in [2.05, 4.69) is 19.1 Å². The maximum atomic E-state index is 11.4. The monoisotopic (exact) mass is 285 g/mol. The molecule has 0 spiro atoms. The molecule has 3 rings (SSSR count). The first kappa shape index (κ1) is 14.7. The fourth-order valence-electron chi connectivity index (χ4n) is 4.14. The molecule has 2 aliphatic rings. The molecule has 1 saturated carbocycles. The van der Waals surface area contributed by atoms with E-state index < -0.39 is 0 Å². The highest BCUT2D eigenvalue weighted by molar-refractivity contribution is 5.63. The Balaban J connectivity index is 1.77. The number of hydrogen-bond acceptors (Lipinski definition) is 2. The summed E-state index contributed by atoms with van der Waals surface area (Å²) in [4.78, 5) is 16.3. The molecule has 114 valence electrons. The van der Waals surface area contributed by atoms with Crippen LogP contribution < -0.4 is 0 Å². The van der Waals surface area contributed by atoms with Crippen molar-refractivity contribution in [2.24, 2.45) is 11.8 Å². The largest absolute Gasteiger partial charge is 0.303 e. The van der Waals surface area contributed by atoms with Crippen molar-refractivity contribution in [2.45, 2.75) is 70.6 Å². The van der Waals surface area contributed by atoms with Crippen molar-refractivity contribution in [1.29, 1.82) is 0 Å². The number of hydrogen-bond donors (Lipinski definition) is 0. The molecule has 1 aromatic heterocycles. The minimum Gasteiger partial charge on any atom is -0.303 e. The van der Waals surface area contributed by atoms with E-state index in [-0.39, 0.29) is 5.92 Å². The number of aromatic nitrogens is 1. The Bertz CT molecular complexity index is 490. The zero-order valence-electron chi connectivity index (χ0n) is 13.2. The lowest BCUT2D eigenvalue weighted by Crippen LogP contribution is -2.21. The van der Waals surface area contributed by atoms with Gasteiger partial charge >= 0.3 is 0 Å². The van der Waals surface area contributed by atoms with Crippen LogP contribution in [0.15, 0.2) is 12.1 Å². The van der Waals surface area contributed by atoms with Crippen LogP contribution >= 0.6 is 0 Å². The predicted molar refractivity (Wildman–Crippen MR) is 85.4 cm³/mol.